The van der Waals surface area contributed by atoms with E-state index in [0.29, 0.717) is 23.7 Å². The maximum Gasteiger partial charge on any atom is 0.349 e. The standard InChI is InChI=1S/C19H20O6/c1-14-5-3-4-6-17(14)24-13-18(20)25-16-9-7-15(8-10-16)19(21)23-12-11-22-2/h3-10H,11-13H2,1-2H3. The van der Waals surface area contributed by atoms with E-state index in [0.717, 1.165) is 5.56 Å². The molecule has 0 spiro atoms. The topological polar surface area (TPSA) is 71.1 Å². The molecule has 2 rings (SSSR count). The number of aryl methyl sites for hydroxylation is 1. The zero-order valence-electron chi connectivity index (χ0n) is 14.2. The third kappa shape index (κ3) is 5.93. The molecule has 0 aromatic heterocycles. The lowest BCUT2D eigenvalue weighted by Crippen LogP contribution is -2.18. The van der Waals surface area contributed by atoms with E-state index in [-0.39, 0.29) is 13.2 Å². The zero-order valence-corrected chi connectivity index (χ0v) is 14.2. The van der Waals surface area contributed by atoms with Crippen LogP contribution in [0.4, 0.5) is 0 Å². The minimum absolute atomic E-state index is 0.183. The Balaban J connectivity index is 1.83. The Bertz CT molecular complexity index is 708. The van der Waals surface area contributed by atoms with E-state index >= 15 is 0 Å². The number of carbonyl (C=O) groups excluding carboxylic acids is 2. The summed E-state index contributed by atoms with van der Waals surface area (Å²) in [5.74, 6) is -0.0306. The van der Waals surface area contributed by atoms with Crippen molar-refractivity contribution < 1.29 is 28.5 Å². The summed E-state index contributed by atoms with van der Waals surface area (Å²) in [6.45, 7) is 2.21. The van der Waals surface area contributed by atoms with Crippen molar-refractivity contribution in [1.82, 2.24) is 0 Å². The summed E-state index contributed by atoms with van der Waals surface area (Å²) in [6.07, 6.45) is 0. The van der Waals surface area contributed by atoms with Gasteiger partial charge in [0.05, 0.1) is 12.2 Å². The molecule has 0 unspecified atom stereocenters. The Morgan fingerprint density at radius 1 is 0.960 bits per heavy atom. The normalized spacial score (nSPS) is 10.2. The van der Waals surface area contributed by atoms with Gasteiger partial charge in [-0.2, -0.15) is 0 Å². The fourth-order valence-corrected chi connectivity index (χ4v) is 1.98. The number of rotatable bonds is 8. The maximum atomic E-state index is 11.8. The van der Waals surface area contributed by atoms with Crippen molar-refractivity contribution >= 4 is 11.9 Å². The molecule has 132 valence electrons. The quantitative estimate of drug-likeness (QED) is 0.417. The van der Waals surface area contributed by atoms with Crippen molar-refractivity contribution in [3.8, 4) is 11.5 Å². The molecule has 0 aliphatic rings. The molecule has 0 saturated carbocycles. The summed E-state index contributed by atoms with van der Waals surface area (Å²) in [7, 11) is 1.53. The molecule has 6 nitrogen and oxygen atoms in total. The summed E-state index contributed by atoms with van der Waals surface area (Å²) in [4.78, 5) is 23.6. The van der Waals surface area contributed by atoms with Crippen molar-refractivity contribution in [3.05, 3.63) is 59.7 Å². The number of hydrogen-bond acceptors (Lipinski definition) is 6. The molecular formula is C19H20O6. The van der Waals surface area contributed by atoms with Gasteiger partial charge in [0.25, 0.3) is 0 Å². The maximum absolute atomic E-state index is 11.8. The van der Waals surface area contributed by atoms with Gasteiger partial charge >= 0.3 is 11.9 Å². The summed E-state index contributed by atoms with van der Waals surface area (Å²) in [5, 5.41) is 0. The van der Waals surface area contributed by atoms with Crippen LogP contribution >= 0.6 is 0 Å². The molecule has 0 heterocycles. The third-order valence-electron chi connectivity index (χ3n) is 3.28. The molecule has 0 fully saturated rings. The molecule has 0 amide bonds. The number of carbonyl (C=O) groups is 2. The predicted molar refractivity (Wildman–Crippen MR) is 90.9 cm³/mol. The predicted octanol–water partition coefficient (Wildman–Crippen LogP) is 2.78. The van der Waals surface area contributed by atoms with Gasteiger partial charge in [-0.25, -0.2) is 9.59 Å². The van der Waals surface area contributed by atoms with E-state index in [1.54, 1.807) is 6.07 Å². The minimum atomic E-state index is -0.529. The molecule has 0 atom stereocenters. The smallest absolute Gasteiger partial charge is 0.349 e. The highest BCUT2D eigenvalue weighted by molar-refractivity contribution is 5.89. The number of esters is 2. The van der Waals surface area contributed by atoms with Gasteiger partial charge < -0.3 is 18.9 Å². The van der Waals surface area contributed by atoms with Crippen LogP contribution in [0.1, 0.15) is 15.9 Å². The lowest BCUT2D eigenvalue weighted by Gasteiger charge is -2.09. The first-order valence-electron chi connectivity index (χ1n) is 7.75. The molecule has 0 aliphatic heterocycles. The Kier molecular flexibility index (Phi) is 6.98. The van der Waals surface area contributed by atoms with E-state index in [1.165, 1.54) is 31.4 Å². The van der Waals surface area contributed by atoms with Gasteiger partial charge in [0.15, 0.2) is 6.61 Å². The monoisotopic (exact) mass is 344 g/mol. The van der Waals surface area contributed by atoms with E-state index in [4.69, 9.17) is 18.9 Å². The highest BCUT2D eigenvalue weighted by atomic mass is 16.6. The number of ether oxygens (including phenoxy) is 4. The largest absolute Gasteiger partial charge is 0.482 e. The van der Waals surface area contributed by atoms with Gasteiger partial charge in [-0.3, -0.25) is 0 Å². The SMILES string of the molecule is COCCOC(=O)c1ccc(OC(=O)COc2ccccc2C)cc1. The van der Waals surface area contributed by atoms with Crippen LogP contribution in [-0.4, -0.2) is 38.9 Å². The Morgan fingerprint density at radius 2 is 1.68 bits per heavy atom. The third-order valence-corrected chi connectivity index (χ3v) is 3.28. The molecule has 2 aromatic rings. The summed E-state index contributed by atoms with van der Waals surface area (Å²) < 4.78 is 20.4. The molecule has 0 saturated heterocycles. The lowest BCUT2D eigenvalue weighted by molar-refractivity contribution is -0.136. The Labute approximate surface area is 146 Å². The summed E-state index contributed by atoms with van der Waals surface area (Å²) >= 11 is 0. The lowest BCUT2D eigenvalue weighted by atomic mass is 10.2. The minimum Gasteiger partial charge on any atom is -0.482 e. The van der Waals surface area contributed by atoms with Gasteiger partial charge in [0.1, 0.15) is 18.1 Å². The number of para-hydroxylation sites is 1. The molecule has 6 heteroatoms. The van der Waals surface area contributed by atoms with E-state index in [2.05, 4.69) is 0 Å². The fourth-order valence-electron chi connectivity index (χ4n) is 1.98. The van der Waals surface area contributed by atoms with Crippen molar-refractivity contribution in [2.75, 3.05) is 26.9 Å². The van der Waals surface area contributed by atoms with Gasteiger partial charge in [-0.05, 0) is 42.8 Å². The van der Waals surface area contributed by atoms with Crippen LogP contribution in [0, 0.1) is 6.92 Å². The van der Waals surface area contributed by atoms with Gasteiger partial charge in [0.2, 0.25) is 0 Å². The molecule has 25 heavy (non-hydrogen) atoms. The van der Waals surface area contributed by atoms with Crippen LogP contribution < -0.4 is 9.47 Å². The highest BCUT2D eigenvalue weighted by Crippen LogP contribution is 2.17. The van der Waals surface area contributed by atoms with E-state index in [9.17, 15) is 9.59 Å². The number of hydrogen-bond donors (Lipinski definition) is 0. The van der Waals surface area contributed by atoms with Crippen molar-refractivity contribution in [2.45, 2.75) is 6.92 Å². The number of methoxy groups -OCH3 is 1. The van der Waals surface area contributed by atoms with Crippen LogP contribution in [0.15, 0.2) is 48.5 Å². The second-order valence-corrected chi connectivity index (χ2v) is 5.18. The molecule has 0 bridgehead atoms. The first-order chi connectivity index (χ1) is 12.1. The van der Waals surface area contributed by atoms with Gasteiger partial charge in [0, 0.05) is 7.11 Å². The second-order valence-electron chi connectivity index (χ2n) is 5.18. The molecule has 0 radical (unpaired) electrons. The van der Waals surface area contributed by atoms with Crippen LogP contribution in [0.2, 0.25) is 0 Å². The van der Waals surface area contributed by atoms with Gasteiger partial charge in [-0.1, -0.05) is 18.2 Å². The van der Waals surface area contributed by atoms with E-state index < -0.39 is 11.9 Å². The van der Waals surface area contributed by atoms with Crippen molar-refractivity contribution in [2.24, 2.45) is 0 Å². The fraction of sp³-hybridized carbons (Fsp3) is 0.263. The second kappa shape index (κ2) is 9.44. The van der Waals surface area contributed by atoms with Crippen molar-refractivity contribution in [3.63, 3.8) is 0 Å². The summed E-state index contributed by atoms with van der Waals surface area (Å²) in [6, 6.07) is 13.5. The molecule has 2 aromatic carbocycles. The first kappa shape index (κ1) is 18.5. The van der Waals surface area contributed by atoms with E-state index in [1.807, 2.05) is 25.1 Å². The summed E-state index contributed by atoms with van der Waals surface area (Å²) in [5.41, 5.74) is 1.30. The van der Waals surface area contributed by atoms with Crippen molar-refractivity contribution in [1.29, 1.82) is 0 Å². The van der Waals surface area contributed by atoms with Gasteiger partial charge in [-0.15, -0.1) is 0 Å². The highest BCUT2D eigenvalue weighted by Gasteiger charge is 2.10. The van der Waals surface area contributed by atoms with Crippen LogP contribution in [0.3, 0.4) is 0 Å². The average Bonchev–Trinajstić information content (AvgIpc) is 2.62. The molecule has 0 aliphatic carbocycles. The average molecular weight is 344 g/mol. The Hall–Kier alpha value is -2.86. The zero-order chi connectivity index (χ0) is 18.1. The molecular weight excluding hydrogens is 324 g/mol. The number of benzene rings is 2. The van der Waals surface area contributed by atoms with Crippen LogP contribution in [0.25, 0.3) is 0 Å². The first-order valence-corrected chi connectivity index (χ1v) is 7.75. The van der Waals surface area contributed by atoms with Crippen LogP contribution in [-0.2, 0) is 14.3 Å². The Morgan fingerprint density at radius 3 is 2.36 bits per heavy atom. The molecule has 0 N–H and O–H groups in total. The van der Waals surface area contributed by atoms with Crippen LogP contribution in [0.5, 0.6) is 11.5 Å².